The first-order valence-corrected chi connectivity index (χ1v) is 6.37. The highest BCUT2D eigenvalue weighted by Crippen LogP contribution is 2.35. The molecule has 1 aliphatic rings. The van der Waals surface area contributed by atoms with E-state index in [4.69, 9.17) is 11.6 Å². The molecule has 0 aliphatic heterocycles. The largest absolute Gasteiger partial charge is 0.357 e. The van der Waals surface area contributed by atoms with E-state index in [2.05, 4.69) is 11.1 Å². The van der Waals surface area contributed by atoms with E-state index in [1.165, 1.54) is 10.9 Å². The van der Waals surface area contributed by atoms with Crippen LogP contribution in [0.3, 0.4) is 0 Å². The molecule has 2 nitrogen and oxygen atoms in total. The monoisotopic (exact) mass is 244 g/mol. The van der Waals surface area contributed by atoms with Crippen LogP contribution in [0.2, 0.25) is 5.02 Å². The summed E-state index contributed by atoms with van der Waals surface area (Å²) >= 11 is 6.05. The van der Waals surface area contributed by atoms with Crippen molar-refractivity contribution in [1.29, 1.82) is 5.26 Å². The molecule has 3 rings (SSSR count). The minimum atomic E-state index is 0.0127. The van der Waals surface area contributed by atoms with Crippen LogP contribution in [0.4, 0.5) is 0 Å². The molecule has 1 heterocycles. The smallest absolute Gasteiger partial charge is 0.0865 e. The summed E-state index contributed by atoms with van der Waals surface area (Å²) in [6.45, 7) is 0. The predicted molar refractivity (Wildman–Crippen MR) is 69.2 cm³/mol. The summed E-state index contributed by atoms with van der Waals surface area (Å²) in [5, 5.41) is 11.2. The number of benzene rings is 1. The van der Waals surface area contributed by atoms with Crippen LogP contribution in [0.25, 0.3) is 10.9 Å². The van der Waals surface area contributed by atoms with Crippen molar-refractivity contribution >= 4 is 22.5 Å². The molecule has 17 heavy (non-hydrogen) atoms. The number of hydrogen-bond donors (Lipinski definition) is 1. The summed E-state index contributed by atoms with van der Waals surface area (Å²) in [7, 11) is 0. The van der Waals surface area contributed by atoms with Gasteiger partial charge < -0.3 is 4.98 Å². The van der Waals surface area contributed by atoms with Crippen molar-refractivity contribution in [3.8, 4) is 6.07 Å². The van der Waals surface area contributed by atoms with Crippen LogP contribution in [0.5, 0.6) is 0 Å². The molecule has 3 heteroatoms. The summed E-state index contributed by atoms with van der Waals surface area (Å²) in [6, 6.07) is 8.31. The van der Waals surface area contributed by atoms with Crippen molar-refractivity contribution in [1.82, 2.24) is 4.98 Å². The predicted octanol–water partition coefficient (Wildman–Crippen LogP) is 4.15. The number of hydrogen-bond acceptors (Lipinski definition) is 1. The van der Waals surface area contributed by atoms with E-state index in [1.54, 1.807) is 0 Å². The van der Waals surface area contributed by atoms with Gasteiger partial charge in [-0.1, -0.05) is 18.0 Å². The van der Waals surface area contributed by atoms with Crippen molar-refractivity contribution in [3.63, 3.8) is 0 Å². The van der Waals surface area contributed by atoms with Gasteiger partial charge in [0.25, 0.3) is 0 Å². The second kappa shape index (κ2) is 4.09. The lowest BCUT2D eigenvalue weighted by atomic mass is 10.0. The van der Waals surface area contributed by atoms with Crippen LogP contribution >= 0.6 is 11.6 Å². The van der Waals surface area contributed by atoms with E-state index in [1.807, 2.05) is 18.2 Å². The maximum Gasteiger partial charge on any atom is 0.0865 e. The summed E-state index contributed by atoms with van der Waals surface area (Å²) in [4.78, 5) is 3.40. The molecule has 0 amide bonds. The first-order chi connectivity index (χ1) is 8.29. The van der Waals surface area contributed by atoms with Crippen LogP contribution in [0, 0.1) is 11.3 Å². The zero-order valence-corrected chi connectivity index (χ0v) is 10.2. The van der Waals surface area contributed by atoms with Gasteiger partial charge in [-0.05, 0) is 43.0 Å². The molecule has 1 aromatic carbocycles. The Kier molecular flexibility index (Phi) is 2.57. The first kappa shape index (κ1) is 10.7. The van der Waals surface area contributed by atoms with E-state index in [-0.39, 0.29) is 5.92 Å². The summed E-state index contributed by atoms with van der Waals surface area (Å²) in [6.07, 6.45) is 4.30. The van der Waals surface area contributed by atoms with Gasteiger partial charge in [0.05, 0.1) is 12.0 Å². The third-order valence-corrected chi connectivity index (χ3v) is 3.81. The molecule has 0 saturated heterocycles. The number of rotatable bonds is 0. The third-order valence-electron chi connectivity index (χ3n) is 3.58. The Labute approximate surface area is 105 Å². The normalized spacial score (nSPS) is 19.6. The Morgan fingerprint density at radius 2 is 2.24 bits per heavy atom. The fraction of sp³-hybridized carbons (Fsp3) is 0.357. The lowest BCUT2D eigenvalue weighted by molar-refractivity contribution is 0.670. The Hall–Kier alpha value is -1.46. The molecule has 1 aromatic heterocycles. The van der Waals surface area contributed by atoms with Crippen LogP contribution in [-0.4, -0.2) is 4.98 Å². The maximum atomic E-state index is 9.25. The summed E-state index contributed by atoms with van der Waals surface area (Å²) in [5.74, 6) is 0.0127. The Morgan fingerprint density at radius 1 is 1.35 bits per heavy atom. The van der Waals surface area contributed by atoms with Gasteiger partial charge in [-0.3, -0.25) is 0 Å². The summed E-state index contributed by atoms with van der Waals surface area (Å²) in [5.41, 5.74) is 3.51. The molecular weight excluding hydrogens is 232 g/mol. The van der Waals surface area contributed by atoms with E-state index >= 15 is 0 Å². The minimum Gasteiger partial charge on any atom is -0.357 e. The van der Waals surface area contributed by atoms with Gasteiger partial charge in [0, 0.05) is 21.6 Å². The van der Waals surface area contributed by atoms with Crippen molar-refractivity contribution in [2.75, 3.05) is 0 Å². The number of aromatic nitrogens is 1. The number of fused-ring (bicyclic) bond motifs is 3. The van der Waals surface area contributed by atoms with Gasteiger partial charge >= 0.3 is 0 Å². The Bertz CT molecular complexity index is 606. The lowest BCUT2D eigenvalue weighted by Crippen LogP contribution is -1.96. The van der Waals surface area contributed by atoms with Gasteiger partial charge in [-0.15, -0.1) is 0 Å². The second-order valence-corrected chi connectivity index (χ2v) is 5.07. The number of aromatic amines is 1. The topological polar surface area (TPSA) is 39.6 Å². The number of halogens is 1. The average Bonchev–Trinajstić information content (AvgIpc) is 2.56. The van der Waals surface area contributed by atoms with Crippen molar-refractivity contribution < 1.29 is 0 Å². The zero-order valence-electron chi connectivity index (χ0n) is 9.46. The molecule has 0 unspecified atom stereocenters. The summed E-state index contributed by atoms with van der Waals surface area (Å²) < 4.78 is 0. The molecule has 0 radical (unpaired) electrons. The SMILES string of the molecule is N#C[C@H]1CCCCc2c1[nH]c1ccc(Cl)cc21. The Balaban J connectivity index is 2.26. The van der Waals surface area contributed by atoms with Crippen LogP contribution < -0.4 is 0 Å². The highest BCUT2D eigenvalue weighted by Gasteiger charge is 2.22. The third kappa shape index (κ3) is 1.71. The first-order valence-electron chi connectivity index (χ1n) is 5.99. The molecule has 0 saturated carbocycles. The van der Waals surface area contributed by atoms with Gasteiger partial charge in [0.1, 0.15) is 0 Å². The fourth-order valence-electron chi connectivity index (χ4n) is 2.73. The number of nitrogens with one attached hydrogen (secondary N) is 1. The average molecular weight is 245 g/mol. The number of nitrogens with zero attached hydrogens (tertiary/aromatic N) is 1. The highest BCUT2D eigenvalue weighted by atomic mass is 35.5. The standard InChI is InChI=1S/C14H13ClN2/c15-10-5-6-13-12(7-10)11-4-2-1-3-9(8-16)14(11)17-13/h5-7,9,17H,1-4H2/t9-/m1/s1. The van der Waals surface area contributed by atoms with Crippen LogP contribution in [0.15, 0.2) is 18.2 Å². The van der Waals surface area contributed by atoms with Gasteiger partial charge in [-0.2, -0.15) is 5.26 Å². The van der Waals surface area contributed by atoms with Crippen molar-refractivity contribution in [2.24, 2.45) is 0 Å². The van der Waals surface area contributed by atoms with Gasteiger partial charge in [0.2, 0.25) is 0 Å². The van der Waals surface area contributed by atoms with Crippen molar-refractivity contribution in [2.45, 2.75) is 31.6 Å². The maximum absolute atomic E-state index is 9.25. The molecule has 0 bridgehead atoms. The van der Waals surface area contributed by atoms with Gasteiger partial charge in [0.15, 0.2) is 0 Å². The van der Waals surface area contributed by atoms with Crippen molar-refractivity contribution in [3.05, 3.63) is 34.5 Å². The van der Waals surface area contributed by atoms with Crippen LogP contribution in [-0.2, 0) is 6.42 Å². The lowest BCUT2D eigenvalue weighted by Gasteiger charge is -2.04. The molecule has 86 valence electrons. The van der Waals surface area contributed by atoms with Crippen LogP contribution in [0.1, 0.15) is 36.4 Å². The van der Waals surface area contributed by atoms with E-state index in [0.717, 1.165) is 41.9 Å². The molecule has 2 aromatic rings. The second-order valence-electron chi connectivity index (χ2n) is 4.63. The molecule has 0 fully saturated rings. The number of H-pyrrole nitrogens is 1. The van der Waals surface area contributed by atoms with E-state index < -0.39 is 0 Å². The molecular formula is C14H13ClN2. The number of aryl methyl sites for hydroxylation is 1. The minimum absolute atomic E-state index is 0.0127. The highest BCUT2D eigenvalue weighted by molar-refractivity contribution is 6.31. The zero-order chi connectivity index (χ0) is 11.8. The Morgan fingerprint density at radius 3 is 3.06 bits per heavy atom. The van der Waals surface area contributed by atoms with Gasteiger partial charge in [-0.25, -0.2) is 0 Å². The molecule has 0 spiro atoms. The quantitative estimate of drug-likeness (QED) is 0.695. The number of nitriles is 1. The fourth-order valence-corrected chi connectivity index (χ4v) is 2.90. The molecule has 1 N–H and O–H groups in total. The molecule has 1 aliphatic carbocycles. The molecule has 1 atom stereocenters. The van der Waals surface area contributed by atoms with E-state index in [9.17, 15) is 5.26 Å². The van der Waals surface area contributed by atoms with E-state index in [0.29, 0.717) is 0 Å².